The summed E-state index contributed by atoms with van der Waals surface area (Å²) < 4.78 is 0. The van der Waals surface area contributed by atoms with Crippen LogP contribution in [0.1, 0.15) is 37.4 Å². The van der Waals surface area contributed by atoms with Crippen molar-refractivity contribution in [1.82, 2.24) is 4.90 Å². The predicted molar refractivity (Wildman–Crippen MR) is 85.3 cm³/mol. The van der Waals surface area contributed by atoms with Gasteiger partial charge in [-0.05, 0) is 29.5 Å². The van der Waals surface area contributed by atoms with E-state index < -0.39 is 0 Å². The summed E-state index contributed by atoms with van der Waals surface area (Å²) in [7, 11) is 2.13. The summed E-state index contributed by atoms with van der Waals surface area (Å²) in [5, 5.41) is 0. The molecule has 2 aliphatic rings. The van der Waals surface area contributed by atoms with Gasteiger partial charge >= 0.3 is 0 Å². The molecule has 2 atom stereocenters. The molecule has 1 saturated heterocycles. The molecule has 2 unspecified atom stereocenters. The zero-order valence-corrected chi connectivity index (χ0v) is 13.2. The summed E-state index contributed by atoms with van der Waals surface area (Å²) in [5.41, 5.74) is 10.2. The Bertz CT molecular complexity index is 555. The van der Waals surface area contributed by atoms with Gasteiger partial charge in [-0.25, -0.2) is 0 Å². The van der Waals surface area contributed by atoms with Gasteiger partial charge in [0.2, 0.25) is 5.91 Å². The first kappa shape index (κ1) is 14.4. The predicted octanol–water partition coefficient (Wildman–Crippen LogP) is 1.94. The van der Waals surface area contributed by atoms with E-state index in [9.17, 15) is 4.79 Å². The highest BCUT2D eigenvalue weighted by atomic mass is 16.2. The molecular weight excluding hydrogens is 262 g/mol. The zero-order valence-electron chi connectivity index (χ0n) is 13.2. The summed E-state index contributed by atoms with van der Waals surface area (Å²) in [4.78, 5) is 16.5. The van der Waals surface area contributed by atoms with Crippen molar-refractivity contribution in [3.63, 3.8) is 0 Å². The van der Waals surface area contributed by atoms with E-state index in [1.165, 1.54) is 16.8 Å². The molecule has 1 amide bonds. The Labute approximate surface area is 126 Å². The maximum atomic E-state index is 12.2. The number of benzene rings is 1. The lowest BCUT2D eigenvalue weighted by Crippen LogP contribution is -2.35. The highest BCUT2D eigenvalue weighted by molar-refractivity contribution is 5.80. The van der Waals surface area contributed by atoms with Crippen LogP contribution in [-0.4, -0.2) is 37.0 Å². The van der Waals surface area contributed by atoms with Crippen molar-refractivity contribution in [3.8, 4) is 0 Å². The fourth-order valence-electron chi connectivity index (χ4n) is 3.62. The van der Waals surface area contributed by atoms with Crippen molar-refractivity contribution >= 4 is 11.6 Å². The number of nitrogens with zero attached hydrogens (tertiary/aromatic N) is 2. The molecule has 0 bridgehead atoms. The Morgan fingerprint density at radius 1 is 1.38 bits per heavy atom. The van der Waals surface area contributed by atoms with Crippen LogP contribution >= 0.6 is 0 Å². The molecule has 2 N–H and O–H groups in total. The van der Waals surface area contributed by atoms with Gasteiger partial charge in [-0.15, -0.1) is 0 Å². The molecule has 2 aliphatic heterocycles. The molecule has 0 saturated carbocycles. The van der Waals surface area contributed by atoms with Crippen LogP contribution < -0.4 is 10.6 Å². The second-order valence-electron chi connectivity index (χ2n) is 6.81. The second-order valence-corrected chi connectivity index (χ2v) is 6.81. The minimum atomic E-state index is -0.0894. The van der Waals surface area contributed by atoms with Crippen molar-refractivity contribution in [2.75, 3.05) is 25.0 Å². The first-order valence-corrected chi connectivity index (χ1v) is 7.86. The van der Waals surface area contributed by atoms with Gasteiger partial charge in [0.25, 0.3) is 0 Å². The fourth-order valence-corrected chi connectivity index (χ4v) is 3.62. The topological polar surface area (TPSA) is 49.6 Å². The first-order valence-electron chi connectivity index (χ1n) is 7.86. The fraction of sp³-hybridized carbons (Fsp3) is 0.588. The Hall–Kier alpha value is -1.55. The van der Waals surface area contributed by atoms with Gasteiger partial charge in [-0.3, -0.25) is 4.79 Å². The number of carbonyl (C=O) groups is 1. The lowest BCUT2D eigenvalue weighted by Gasteiger charge is -2.29. The van der Waals surface area contributed by atoms with E-state index in [0.717, 1.165) is 19.5 Å². The molecule has 2 heterocycles. The molecule has 1 fully saturated rings. The second kappa shape index (κ2) is 5.34. The molecule has 0 aliphatic carbocycles. The number of likely N-dealkylation sites (tertiary alicyclic amines) is 1. The Balaban J connectivity index is 1.92. The van der Waals surface area contributed by atoms with Gasteiger partial charge < -0.3 is 15.5 Å². The largest absolute Gasteiger partial charge is 0.374 e. The summed E-state index contributed by atoms with van der Waals surface area (Å²) in [6.45, 7) is 6.15. The quantitative estimate of drug-likeness (QED) is 0.924. The lowest BCUT2D eigenvalue weighted by molar-refractivity contribution is -0.129. The van der Waals surface area contributed by atoms with E-state index in [1.807, 2.05) is 4.90 Å². The van der Waals surface area contributed by atoms with E-state index in [-0.39, 0.29) is 18.0 Å². The molecule has 1 aromatic rings. The van der Waals surface area contributed by atoms with Crippen LogP contribution in [0.5, 0.6) is 0 Å². The van der Waals surface area contributed by atoms with Crippen molar-refractivity contribution in [1.29, 1.82) is 0 Å². The maximum absolute atomic E-state index is 12.2. The number of amides is 1. The highest BCUT2D eigenvalue weighted by Crippen LogP contribution is 2.36. The number of hydrogen-bond acceptors (Lipinski definition) is 3. The zero-order chi connectivity index (χ0) is 15.1. The third kappa shape index (κ3) is 2.53. The van der Waals surface area contributed by atoms with E-state index in [4.69, 9.17) is 5.73 Å². The Kier molecular flexibility index (Phi) is 3.66. The molecule has 0 aromatic heterocycles. The monoisotopic (exact) mass is 287 g/mol. The van der Waals surface area contributed by atoms with Gasteiger partial charge in [-0.2, -0.15) is 0 Å². The van der Waals surface area contributed by atoms with Gasteiger partial charge in [0.05, 0.1) is 6.04 Å². The molecule has 0 radical (unpaired) electrons. The van der Waals surface area contributed by atoms with Crippen molar-refractivity contribution in [2.45, 2.75) is 38.8 Å². The smallest absolute Gasteiger partial charge is 0.224 e. The molecule has 21 heavy (non-hydrogen) atoms. The number of anilines is 1. The summed E-state index contributed by atoms with van der Waals surface area (Å²) in [5.74, 6) is 0.654. The van der Waals surface area contributed by atoms with E-state index in [0.29, 0.717) is 12.3 Å². The van der Waals surface area contributed by atoms with Gasteiger partial charge in [0.1, 0.15) is 0 Å². The minimum Gasteiger partial charge on any atom is -0.374 e. The summed E-state index contributed by atoms with van der Waals surface area (Å²) in [6, 6.07) is 6.54. The summed E-state index contributed by atoms with van der Waals surface area (Å²) >= 11 is 0. The maximum Gasteiger partial charge on any atom is 0.224 e. The minimum absolute atomic E-state index is 0.0381. The van der Waals surface area contributed by atoms with Gasteiger partial charge in [-0.1, -0.05) is 26.0 Å². The van der Waals surface area contributed by atoms with Crippen LogP contribution in [0.25, 0.3) is 0 Å². The van der Waals surface area contributed by atoms with Gasteiger partial charge in [0.15, 0.2) is 0 Å². The summed E-state index contributed by atoms with van der Waals surface area (Å²) in [6.07, 6.45) is 1.55. The number of carbonyl (C=O) groups excluding carboxylic acids is 1. The third-order valence-electron chi connectivity index (χ3n) is 4.61. The molecule has 1 aromatic carbocycles. The number of likely N-dealkylation sites (N-methyl/N-ethyl adjacent to an activating group) is 1. The normalized spacial score (nSPS) is 25.1. The molecule has 114 valence electrons. The van der Waals surface area contributed by atoms with E-state index >= 15 is 0 Å². The standard InChI is InChI=1S/C17H25N3O/c1-11(2)10-20-16(21)9-14(18)17(20)13-4-5-15-12(8-13)6-7-19(15)3/h4-5,8,11,14,17H,6-7,9-10,18H2,1-3H3. The molecule has 3 rings (SSSR count). The highest BCUT2D eigenvalue weighted by Gasteiger charge is 2.39. The molecule has 0 spiro atoms. The van der Waals surface area contributed by atoms with Crippen LogP contribution in [0, 0.1) is 5.92 Å². The van der Waals surface area contributed by atoms with E-state index in [1.54, 1.807) is 0 Å². The number of fused-ring (bicyclic) bond motifs is 1. The number of hydrogen-bond donors (Lipinski definition) is 1. The lowest BCUT2D eigenvalue weighted by atomic mass is 9.97. The van der Waals surface area contributed by atoms with E-state index in [2.05, 4.69) is 44.0 Å². The third-order valence-corrected chi connectivity index (χ3v) is 4.61. The molecular formula is C17H25N3O. The SMILES string of the molecule is CC(C)CN1C(=O)CC(N)C1c1ccc2c(c1)CCN2C. The van der Waals surface area contributed by atoms with Gasteiger partial charge in [0, 0.05) is 38.3 Å². The van der Waals surface area contributed by atoms with Crippen molar-refractivity contribution in [2.24, 2.45) is 11.7 Å². The molecule has 4 nitrogen and oxygen atoms in total. The van der Waals surface area contributed by atoms with Crippen LogP contribution in [0.3, 0.4) is 0 Å². The number of rotatable bonds is 3. The Morgan fingerprint density at radius 2 is 2.14 bits per heavy atom. The Morgan fingerprint density at radius 3 is 2.86 bits per heavy atom. The molecule has 4 heteroatoms. The number of nitrogens with two attached hydrogens (primary N) is 1. The average Bonchev–Trinajstić information content (AvgIpc) is 2.90. The van der Waals surface area contributed by atoms with Crippen LogP contribution in [0.4, 0.5) is 5.69 Å². The van der Waals surface area contributed by atoms with Crippen molar-refractivity contribution < 1.29 is 4.79 Å². The van der Waals surface area contributed by atoms with Crippen LogP contribution in [-0.2, 0) is 11.2 Å². The van der Waals surface area contributed by atoms with Crippen LogP contribution in [0.2, 0.25) is 0 Å². The average molecular weight is 287 g/mol. The first-order chi connectivity index (χ1) is 9.97. The van der Waals surface area contributed by atoms with Crippen LogP contribution in [0.15, 0.2) is 18.2 Å². The van der Waals surface area contributed by atoms with Crippen molar-refractivity contribution in [3.05, 3.63) is 29.3 Å².